The van der Waals surface area contributed by atoms with Crippen LogP contribution >= 0.6 is 0 Å². The number of allylic oxidation sites excluding steroid dienone is 6. The summed E-state index contributed by atoms with van der Waals surface area (Å²) in [6, 6.07) is 0. The van der Waals surface area contributed by atoms with Crippen molar-refractivity contribution in [2.75, 3.05) is 0 Å². The highest BCUT2D eigenvalue weighted by Crippen LogP contribution is 2.60. The summed E-state index contributed by atoms with van der Waals surface area (Å²) >= 11 is 0. The summed E-state index contributed by atoms with van der Waals surface area (Å²) in [4.78, 5) is 0. The topological polar surface area (TPSA) is 0 Å². The first-order valence-electron chi connectivity index (χ1n) is 17.4. The average Bonchev–Trinajstić information content (AvgIpc) is 2.90. The summed E-state index contributed by atoms with van der Waals surface area (Å²) in [5, 5.41) is 0. The normalized spacial score (nSPS) is 32.5. The van der Waals surface area contributed by atoms with Crippen LogP contribution in [0.4, 0.5) is 0 Å². The highest BCUT2D eigenvalue weighted by molar-refractivity contribution is 5.18. The van der Waals surface area contributed by atoms with Crippen LogP contribution in [-0.4, -0.2) is 0 Å². The van der Waals surface area contributed by atoms with Gasteiger partial charge in [-0.2, -0.15) is 0 Å². The molecule has 0 heterocycles. The highest BCUT2D eigenvalue weighted by Gasteiger charge is 2.51. The molecular weight excluding hydrogens is 480 g/mol. The second-order valence-corrected chi connectivity index (χ2v) is 15.9. The quantitative estimate of drug-likeness (QED) is 0.306. The third-order valence-corrected chi connectivity index (χ3v) is 11.6. The summed E-state index contributed by atoms with van der Waals surface area (Å²) < 4.78 is 0. The zero-order valence-electron chi connectivity index (χ0n) is 28.9. The number of rotatable bonds is 3. The third-order valence-electron chi connectivity index (χ3n) is 11.6. The lowest BCUT2D eigenvalue weighted by Gasteiger charge is -2.57. The molecule has 0 aromatic carbocycles. The minimum absolute atomic E-state index is 0.606. The first-order chi connectivity index (χ1) is 18.7. The van der Waals surface area contributed by atoms with Gasteiger partial charge < -0.3 is 0 Å². The number of hydrogen-bond donors (Lipinski definition) is 0. The summed E-state index contributed by atoms with van der Waals surface area (Å²) in [6.07, 6.45) is 22.7. The van der Waals surface area contributed by atoms with E-state index < -0.39 is 0 Å². The maximum Gasteiger partial charge on any atom is -0.0149 e. The Kier molecular flexibility index (Phi) is 14.6. The van der Waals surface area contributed by atoms with Crippen molar-refractivity contribution in [3.63, 3.8) is 0 Å². The molecule has 0 spiro atoms. The average molecular weight is 551 g/mol. The van der Waals surface area contributed by atoms with Crippen LogP contribution in [0.1, 0.15) is 153 Å². The van der Waals surface area contributed by atoms with E-state index in [1.54, 1.807) is 11.1 Å². The molecule has 0 N–H and O–H groups in total. The van der Waals surface area contributed by atoms with Gasteiger partial charge in [-0.15, -0.1) is 0 Å². The Morgan fingerprint density at radius 2 is 1.48 bits per heavy atom. The monoisotopic (exact) mass is 551 g/mol. The van der Waals surface area contributed by atoms with Gasteiger partial charge >= 0.3 is 0 Å². The molecule has 6 aliphatic carbocycles. The highest BCUT2D eigenvalue weighted by atomic mass is 14.6. The van der Waals surface area contributed by atoms with E-state index in [1.807, 2.05) is 0 Å². The van der Waals surface area contributed by atoms with E-state index in [0.717, 1.165) is 47.3 Å². The minimum Gasteiger partial charge on any atom is -0.0998 e. The molecule has 0 nitrogen and oxygen atoms in total. The van der Waals surface area contributed by atoms with Gasteiger partial charge in [-0.1, -0.05) is 116 Å². The molecule has 4 unspecified atom stereocenters. The van der Waals surface area contributed by atoms with Gasteiger partial charge in [-0.25, -0.2) is 0 Å². The SMILES string of the molecule is C=C(C)C1CC=C(C)CC1.C=C1CCC2CC1C2(C)C.CC1CC=C(C(C)C)CC1.CC1CCC(C(C)C)CC1. The molecule has 6 aliphatic rings. The lowest BCUT2D eigenvalue weighted by atomic mass is 9.47. The molecule has 230 valence electrons. The van der Waals surface area contributed by atoms with Gasteiger partial charge in [-0.05, 0) is 137 Å². The van der Waals surface area contributed by atoms with Crippen LogP contribution in [0.2, 0.25) is 0 Å². The van der Waals surface area contributed by atoms with Crippen molar-refractivity contribution in [2.24, 2.45) is 52.8 Å². The Bertz CT molecular complexity index is 835. The van der Waals surface area contributed by atoms with Crippen molar-refractivity contribution >= 4 is 0 Å². The van der Waals surface area contributed by atoms with Crippen LogP contribution < -0.4 is 0 Å². The summed E-state index contributed by atoms with van der Waals surface area (Å²) in [6.45, 7) is 31.3. The van der Waals surface area contributed by atoms with E-state index >= 15 is 0 Å². The first-order valence-corrected chi connectivity index (χ1v) is 17.4. The molecule has 0 radical (unpaired) electrons. The molecule has 0 heteroatoms. The van der Waals surface area contributed by atoms with Crippen molar-refractivity contribution in [3.8, 4) is 0 Å². The molecule has 6 rings (SSSR count). The van der Waals surface area contributed by atoms with Crippen LogP contribution in [-0.2, 0) is 0 Å². The van der Waals surface area contributed by atoms with Gasteiger partial charge in [0.1, 0.15) is 0 Å². The van der Waals surface area contributed by atoms with E-state index in [4.69, 9.17) is 0 Å². The first kappa shape index (κ1) is 35.2. The Morgan fingerprint density at radius 1 is 0.825 bits per heavy atom. The summed E-state index contributed by atoms with van der Waals surface area (Å²) in [7, 11) is 0. The zero-order valence-corrected chi connectivity index (χ0v) is 28.9. The van der Waals surface area contributed by atoms with Gasteiger partial charge in [0.2, 0.25) is 0 Å². The predicted octanol–water partition coefficient (Wildman–Crippen LogP) is 13.2. The maximum absolute atomic E-state index is 4.13. The fourth-order valence-electron chi connectivity index (χ4n) is 7.61. The molecule has 0 amide bonds. The Labute approximate surface area is 252 Å². The maximum atomic E-state index is 4.13. The fourth-order valence-corrected chi connectivity index (χ4v) is 7.61. The lowest BCUT2D eigenvalue weighted by Crippen LogP contribution is -2.48. The minimum atomic E-state index is 0.606. The molecule has 4 atom stereocenters. The smallest absolute Gasteiger partial charge is 0.0149 e. The van der Waals surface area contributed by atoms with Gasteiger partial charge in [0.25, 0.3) is 0 Å². The van der Waals surface area contributed by atoms with Crippen LogP contribution in [0.25, 0.3) is 0 Å². The van der Waals surface area contributed by atoms with Gasteiger partial charge in [0.15, 0.2) is 0 Å². The summed E-state index contributed by atoms with van der Waals surface area (Å²) in [5.41, 5.74) is 6.71. The van der Waals surface area contributed by atoms with Crippen molar-refractivity contribution in [1.29, 1.82) is 0 Å². The second-order valence-electron chi connectivity index (χ2n) is 15.9. The zero-order chi connectivity index (χ0) is 30.0. The van der Waals surface area contributed by atoms with Crippen LogP contribution in [0, 0.1) is 52.8 Å². The van der Waals surface area contributed by atoms with Crippen molar-refractivity contribution < 1.29 is 0 Å². The Hall–Kier alpha value is -1.04. The van der Waals surface area contributed by atoms with Gasteiger partial charge in [0, 0.05) is 0 Å². The molecule has 0 aromatic heterocycles. The van der Waals surface area contributed by atoms with E-state index in [0.29, 0.717) is 5.41 Å². The molecule has 4 fully saturated rings. The van der Waals surface area contributed by atoms with Crippen molar-refractivity contribution in [1.82, 2.24) is 0 Å². The molecule has 2 bridgehead atoms. The van der Waals surface area contributed by atoms with E-state index in [-0.39, 0.29) is 0 Å². The van der Waals surface area contributed by atoms with Crippen molar-refractivity contribution in [2.45, 2.75) is 153 Å². The van der Waals surface area contributed by atoms with Gasteiger partial charge in [0.05, 0.1) is 0 Å². The third kappa shape index (κ3) is 11.0. The van der Waals surface area contributed by atoms with E-state index in [1.165, 1.54) is 94.6 Å². The van der Waals surface area contributed by atoms with Crippen LogP contribution in [0.3, 0.4) is 0 Å². The molecule has 0 aliphatic heterocycles. The standard InChI is InChI=1S/C10H16.C10H20.C10H18.C10H16/c1-7-4-5-8-6-9(7)10(8,2)3;3*1-8(2)10-6-4-9(3)5-7-10/h8-9H,1,4-6H2,2-3H3;8-10H,4-7H2,1-3H3;6,8-9H,4-5,7H2,1-3H3;4,10H,1,5-7H2,2-3H3. The largest absolute Gasteiger partial charge is 0.0998 e. The van der Waals surface area contributed by atoms with Gasteiger partial charge in [-0.3, -0.25) is 0 Å². The molecular formula is C40H70. The van der Waals surface area contributed by atoms with Crippen molar-refractivity contribution in [3.05, 3.63) is 47.6 Å². The van der Waals surface area contributed by atoms with Crippen LogP contribution in [0.5, 0.6) is 0 Å². The molecule has 4 saturated carbocycles. The number of fused-ring (bicyclic) bond motifs is 2. The fraction of sp³-hybridized carbons (Fsp3) is 0.800. The Morgan fingerprint density at radius 3 is 1.85 bits per heavy atom. The second kappa shape index (κ2) is 16.6. The molecule has 40 heavy (non-hydrogen) atoms. The lowest BCUT2D eigenvalue weighted by molar-refractivity contribution is -0.0273. The Balaban J connectivity index is 0.000000187. The predicted molar refractivity (Wildman–Crippen MR) is 182 cm³/mol. The van der Waals surface area contributed by atoms with Crippen LogP contribution in [0.15, 0.2) is 47.6 Å². The van der Waals surface area contributed by atoms with E-state index in [9.17, 15) is 0 Å². The summed E-state index contributed by atoms with van der Waals surface area (Å²) in [5.74, 6) is 7.34. The molecule has 0 saturated heterocycles. The number of hydrogen-bond acceptors (Lipinski definition) is 0. The van der Waals surface area contributed by atoms with E-state index in [2.05, 4.69) is 94.5 Å². The molecule has 0 aromatic rings.